The molecule has 0 amide bonds. The fourth-order valence-corrected chi connectivity index (χ4v) is 7.22. The smallest absolute Gasteiger partial charge is 0.311 e. The first kappa shape index (κ1) is 29.3. The Kier molecular flexibility index (Phi) is 9.90. The van der Waals surface area contributed by atoms with E-state index >= 15 is 0 Å². The van der Waals surface area contributed by atoms with Crippen LogP contribution in [-0.2, 0) is 31.5 Å². The average Bonchev–Trinajstić information content (AvgIpc) is 2.75. The van der Waals surface area contributed by atoms with Gasteiger partial charge in [-0.2, -0.15) is 8.42 Å². The molecule has 0 aliphatic heterocycles. The van der Waals surface area contributed by atoms with Crippen molar-refractivity contribution in [2.45, 2.75) is 89.9 Å². The molecule has 1 fully saturated rings. The number of carboxylic acid groups (broad SMARTS) is 2. The topological polar surface area (TPSA) is 155 Å². The lowest BCUT2D eigenvalue weighted by Crippen LogP contribution is -2.56. The highest BCUT2D eigenvalue weighted by atomic mass is 32.2. The Balaban J connectivity index is 0.000000410. The van der Waals surface area contributed by atoms with Gasteiger partial charge in [0.15, 0.2) is 0 Å². The number of hydrogen-bond acceptors (Lipinski definition) is 5. The van der Waals surface area contributed by atoms with Crippen molar-refractivity contribution in [3.8, 4) is 0 Å². The van der Waals surface area contributed by atoms with Crippen molar-refractivity contribution >= 4 is 22.1 Å². The second kappa shape index (κ2) is 11.8. The molecule has 35 heavy (non-hydrogen) atoms. The summed E-state index contributed by atoms with van der Waals surface area (Å²) in [7, 11) is -4.38. The Morgan fingerprint density at radius 1 is 1.14 bits per heavy atom. The maximum absolute atomic E-state index is 12.2. The zero-order chi connectivity index (χ0) is 26.4. The van der Waals surface area contributed by atoms with E-state index in [0.717, 1.165) is 37.7 Å². The fraction of sp³-hybridized carbons (Fsp3) is 0.692. The van der Waals surface area contributed by atoms with Gasteiger partial charge in [0.25, 0.3) is 10.1 Å². The van der Waals surface area contributed by atoms with E-state index in [2.05, 4.69) is 39.0 Å². The molecule has 3 rings (SSSR count). The first-order chi connectivity index (χ1) is 16.3. The zero-order valence-electron chi connectivity index (χ0n) is 21.1. The van der Waals surface area contributed by atoms with E-state index in [1.807, 2.05) is 0 Å². The zero-order valence-corrected chi connectivity index (χ0v) is 21.9. The van der Waals surface area contributed by atoms with Crippen molar-refractivity contribution in [3.63, 3.8) is 0 Å². The van der Waals surface area contributed by atoms with Gasteiger partial charge in [-0.05, 0) is 79.0 Å². The largest absolute Gasteiger partial charge is 0.481 e. The lowest BCUT2D eigenvalue weighted by atomic mass is 9.49. The average molecular weight is 512 g/mol. The maximum atomic E-state index is 12.2. The highest BCUT2D eigenvalue weighted by molar-refractivity contribution is 7.85. The van der Waals surface area contributed by atoms with E-state index < -0.39 is 33.2 Å². The van der Waals surface area contributed by atoms with Gasteiger partial charge in [0, 0.05) is 6.42 Å². The molecule has 1 aromatic carbocycles. The van der Waals surface area contributed by atoms with Crippen LogP contribution in [0.15, 0.2) is 18.2 Å². The maximum Gasteiger partial charge on any atom is 0.311 e. The molecule has 0 bridgehead atoms. The van der Waals surface area contributed by atoms with Gasteiger partial charge >= 0.3 is 11.9 Å². The van der Waals surface area contributed by atoms with Gasteiger partial charge in [0.2, 0.25) is 0 Å². The summed E-state index contributed by atoms with van der Waals surface area (Å²) in [5.74, 6) is -2.40. The van der Waals surface area contributed by atoms with Crippen molar-refractivity contribution in [2.75, 3.05) is 12.3 Å². The molecule has 2 aliphatic rings. The summed E-state index contributed by atoms with van der Waals surface area (Å²) >= 11 is 0. The van der Waals surface area contributed by atoms with Crippen LogP contribution in [0.1, 0.15) is 94.7 Å². The quantitative estimate of drug-likeness (QED) is 0.281. The SMILES string of the molecule is CC(C)c1ccc2c(c1)CC[C@H]1[C@@](CS(=O)(=O)O)(C(=O)O)CCC[C@]21C.NCCCCCC(=O)O. The van der Waals surface area contributed by atoms with Crippen molar-refractivity contribution in [3.05, 3.63) is 34.9 Å². The summed E-state index contributed by atoms with van der Waals surface area (Å²) in [6.07, 6.45) is 6.06. The molecule has 198 valence electrons. The summed E-state index contributed by atoms with van der Waals surface area (Å²) in [6, 6.07) is 6.44. The monoisotopic (exact) mass is 511 g/mol. The van der Waals surface area contributed by atoms with E-state index in [0.29, 0.717) is 31.7 Å². The van der Waals surface area contributed by atoms with Gasteiger partial charge < -0.3 is 15.9 Å². The van der Waals surface area contributed by atoms with Gasteiger partial charge in [-0.15, -0.1) is 0 Å². The molecular weight excluding hydrogens is 470 g/mol. The summed E-state index contributed by atoms with van der Waals surface area (Å²) in [5, 5.41) is 18.2. The van der Waals surface area contributed by atoms with Crippen LogP contribution in [0.3, 0.4) is 0 Å². The minimum atomic E-state index is -4.38. The second-order valence-electron chi connectivity index (χ2n) is 10.6. The molecule has 0 saturated heterocycles. The standard InChI is InChI=1S/C20H28O5S.C6H13NO2/c1-13(2)14-5-7-16-15(11-14)6-8-17-19(16,3)9-4-10-20(17,18(21)22)12-26(23,24)25;7-5-3-1-2-4-6(8)9/h5,7,11,13,17H,4,6,8-10,12H2,1-3H3,(H,21,22)(H,23,24,25);1-5,7H2,(H,8,9)/t17-,19-,20-;/m1./s1. The van der Waals surface area contributed by atoms with E-state index in [9.17, 15) is 27.7 Å². The molecule has 0 radical (unpaired) electrons. The molecule has 0 spiro atoms. The van der Waals surface area contributed by atoms with Crippen LogP contribution in [0, 0.1) is 11.3 Å². The Labute approximate surface area is 209 Å². The number of rotatable bonds is 9. The van der Waals surface area contributed by atoms with Crippen LogP contribution in [0.5, 0.6) is 0 Å². The first-order valence-electron chi connectivity index (χ1n) is 12.5. The minimum absolute atomic E-state index is 0.278. The molecule has 8 nitrogen and oxygen atoms in total. The third kappa shape index (κ3) is 7.05. The molecule has 0 heterocycles. The highest BCUT2D eigenvalue weighted by Gasteiger charge is 2.59. The van der Waals surface area contributed by atoms with Gasteiger partial charge in [-0.3, -0.25) is 14.1 Å². The van der Waals surface area contributed by atoms with Crippen LogP contribution in [-0.4, -0.2) is 47.4 Å². The predicted octanol–water partition coefficient (Wildman–Crippen LogP) is 4.36. The Morgan fingerprint density at radius 3 is 2.37 bits per heavy atom. The van der Waals surface area contributed by atoms with Crippen LogP contribution in [0.4, 0.5) is 0 Å². The number of aryl methyl sites for hydroxylation is 1. The van der Waals surface area contributed by atoms with Crippen molar-refractivity contribution < 1.29 is 32.8 Å². The predicted molar refractivity (Wildman–Crippen MR) is 135 cm³/mol. The summed E-state index contributed by atoms with van der Waals surface area (Å²) in [6.45, 7) is 7.04. The number of fused-ring (bicyclic) bond motifs is 3. The van der Waals surface area contributed by atoms with E-state index in [4.69, 9.17) is 10.8 Å². The Bertz CT molecular complexity index is 1010. The molecule has 3 atom stereocenters. The lowest BCUT2D eigenvalue weighted by Gasteiger charge is -2.54. The van der Waals surface area contributed by atoms with Crippen LogP contribution >= 0.6 is 0 Å². The fourth-order valence-electron chi connectivity index (χ4n) is 6.10. The van der Waals surface area contributed by atoms with Gasteiger partial charge in [0.1, 0.15) is 0 Å². The lowest BCUT2D eigenvalue weighted by molar-refractivity contribution is -0.157. The normalized spacial score (nSPS) is 25.7. The third-order valence-electron chi connectivity index (χ3n) is 7.83. The molecule has 2 aliphatic carbocycles. The molecule has 1 saturated carbocycles. The molecule has 0 aromatic heterocycles. The number of unbranched alkanes of at least 4 members (excludes halogenated alkanes) is 2. The van der Waals surface area contributed by atoms with E-state index in [1.165, 1.54) is 11.1 Å². The van der Waals surface area contributed by atoms with Crippen molar-refractivity contribution in [2.24, 2.45) is 17.1 Å². The van der Waals surface area contributed by atoms with Crippen LogP contribution in [0.2, 0.25) is 0 Å². The van der Waals surface area contributed by atoms with Crippen LogP contribution < -0.4 is 5.73 Å². The number of carbonyl (C=O) groups is 2. The third-order valence-corrected chi connectivity index (χ3v) is 8.71. The van der Waals surface area contributed by atoms with Gasteiger partial charge in [0.05, 0.1) is 11.2 Å². The number of aliphatic carboxylic acids is 2. The van der Waals surface area contributed by atoms with Gasteiger partial charge in [-0.25, -0.2) is 0 Å². The van der Waals surface area contributed by atoms with Gasteiger partial charge in [-0.1, -0.05) is 51.8 Å². The highest BCUT2D eigenvalue weighted by Crippen LogP contribution is 2.58. The number of nitrogens with two attached hydrogens (primary N) is 1. The molecule has 9 heteroatoms. The second-order valence-corrected chi connectivity index (χ2v) is 12.1. The van der Waals surface area contributed by atoms with Crippen LogP contribution in [0.25, 0.3) is 0 Å². The molecular formula is C26H41NO7S. The van der Waals surface area contributed by atoms with E-state index in [-0.39, 0.29) is 17.8 Å². The molecule has 1 aromatic rings. The minimum Gasteiger partial charge on any atom is -0.481 e. The Hall–Kier alpha value is -1.97. The Morgan fingerprint density at radius 2 is 1.83 bits per heavy atom. The number of benzene rings is 1. The molecule has 5 N–H and O–H groups in total. The first-order valence-corrected chi connectivity index (χ1v) is 14.1. The molecule has 0 unspecified atom stereocenters. The van der Waals surface area contributed by atoms with Crippen molar-refractivity contribution in [1.82, 2.24) is 0 Å². The van der Waals surface area contributed by atoms with Crippen molar-refractivity contribution in [1.29, 1.82) is 0 Å². The number of carboxylic acids is 2. The van der Waals surface area contributed by atoms with E-state index in [1.54, 1.807) is 0 Å². The summed E-state index contributed by atoms with van der Waals surface area (Å²) in [5.41, 5.74) is 7.06. The summed E-state index contributed by atoms with van der Waals surface area (Å²) in [4.78, 5) is 22.2. The number of hydrogen-bond donors (Lipinski definition) is 4. The summed E-state index contributed by atoms with van der Waals surface area (Å²) < 4.78 is 32.8.